The van der Waals surface area contributed by atoms with E-state index in [4.69, 9.17) is 9.05 Å². The number of rotatable bonds is 8. The second-order valence-corrected chi connectivity index (χ2v) is 4.60. The monoisotopic (exact) mass is 238 g/mol. The first kappa shape index (κ1) is 17.7. The van der Waals surface area contributed by atoms with Crippen molar-refractivity contribution in [1.82, 2.24) is 9.99 Å². The van der Waals surface area contributed by atoms with Crippen LogP contribution in [0.1, 0.15) is 26.7 Å². The second kappa shape index (κ2) is 14.3. The molecule has 15 heavy (non-hydrogen) atoms. The quantitative estimate of drug-likeness (QED) is 0.520. The van der Waals surface area contributed by atoms with Gasteiger partial charge in [-0.25, -0.2) is 0 Å². The molecule has 0 aromatic heterocycles. The predicted molar refractivity (Wildman–Crippen MR) is 68.1 cm³/mol. The molecule has 0 atom stereocenters. The molecule has 0 aromatic carbocycles. The van der Waals surface area contributed by atoms with Crippen LogP contribution in [0.15, 0.2) is 0 Å². The molecule has 0 unspecified atom stereocenters. The number of nitrogens with one attached hydrogen (secondary N) is 1. The molecule has 0 aliphatic rings. The lowest BCUT2D eigenvalue weighted by atomic mass is 10.3. The maximum atomic E-state index is 5.05. The van der Waals surface area contributed by atoms with E-state index in [0.29, 0.717) is 0 Å². The van der Waals surface area contributed by atoms with Crippen LogP contribution < -0.4 is 5.09 Å². The van der Waals surface area contributed by atoms with E-state index in [2.05, 4.69) is 24.1 Å². The maximum absolute atomic E-state index is 5.05. The fraction of sp³-hybridized carbons (Fsp3) is 1.00. The van der Waals surface area contributed by atoms with E-state index < -0.39 is 8.53 Å². The first-order chi connectivity index (χ1) is 7.20. The van der Waals surface area contributed by atoms with Gasteiger partial charge in [-0.2, -0.15) is 0 Å². The van der Waals surface area contributed by atoms with Gasteiger partial charge in [-0.15, -0.1) is 0 Å². The molecule has 0 rings (SSSR count). The Kier molecular flexibility index (Phi) is 16.8. The molecule has 0 aliphatic carbocycles. The van der Waals surface area contributed by atoms with E-state index in [-0.39, 0.29) is 0 Å². The van der Waals surface area contributed by atoms with Crippen LogP contribution in [0.5, 0.6) is 0 Å². The highest BCUT2D eigenvalue weighted by molar-refractivity contribution is 7.44. The molecule has 0 aliphatic heterocycles. The van der Waals surface area contributed by atoms with Crippen molar-refractivity contribution in [2.24, 2.45) is 0 Å². The van der Waals surface area contributed by atoms with Crippen molar-refractivity contribution in [2.75, 3.05) is 41.4 Å². The van der Waals surface area contributed by atoms with Gasteiger partial charge in [0, 0.05) is 20.8 Å². The Morgan fingerprint density at radius 1 is 1.07 bits per heavy atom. The van der Waals surface area contributed by atoms with Gasteiger partial charge in [-0.05, 0) is 33.5 Å². The number of nitrogens with zero attached hydrogens (tertiary/aromatic N) is 1. The standard InChI is InChI=1S/C8H21N2O2P.C2H6/c1-10(2)8-6-5-7-9-13(11-3)12-4;1-2/h9H,5-8H2,1-4H3;1-2H3. The summed E-state index contributed by atoms with van der Waals surface area (Å²) in [7, 11) is 6.63. The predicted octanol–water partition coefficient (Wildman–Crippen LogP) is 2.46. The van der Waals surface area contributed by atoms with Crippen LogP contribution in [0, 0.1) is 0 Å². The fourth-order valence-electron chi connectivity index (χ4n) is 0.927. The fourth-order valence-corrected chi connectivity index (χ4v) is 1.67. The average molecular weight is 238 g/mol. The van der Waals surface area contributed by atoms with E-state index in [1.807, 2.05) is 13.8 Å². The van der Waals surface area contributed by atoms with E-state index in [1.165, 1.54) is 6.42 Å². The Hall–Kier alpha value is 0.270. The van der Waals surface area contributed by atoms with Crippen molar-refractivity contribution in [1.29, 1.82) is 0 Å². The molecule has 5 heteroatoms. The third kappa shape index (κ3) is 14.3. The summed E-state index contributed by atoms with van der Waals surface area (Å²) < 4.78 is 10.1. The summed E-state index contributed by atoms with van der Waals surface area (Å²) in [6.07, 6.45) is 2.36. The summed E-state index contributed by atoms with van der Waals surface area (Å²) >= 11 is 0. The van der Waals surface area contributed by atoms with Gasteiger partial charge in [-0.1, -0.05) is 13.8 Å². The van der Waals surface area contributed by atoms with Gasteiger partial charge in [0.1, 0.15) is 0 Å². The minimum atomic E-state index is -0.852. The summed E-state index contributed by atoms with van der Waals surface area (Å²) in [6, 6.07) is 0. The van der Waals surface area contributed by atoms with E-state index in [9.17, 15) is 0 Å². The molecule has 1 N–H and O–H groups in total. The van der Waals surface area contributed by atoms with Gasteiger partial charge in [0.05, 0.1) is 0 Å². The Bertz CT molecular complexity index is 112. The summed E-state index contributed by atoms with van der Waals surface area (Å²) in [5, 5.41) is 3.19. The molecule has 0 heterocycles. The topological polar surface area (TPSA) is 33.7 Å². The van der Waals surface area contributed by atoms with Crippen molar-refractivity contribution in [3.05, 3.63) is 0 Å². The van der Waals surface area contributed by atoms with Crippen molar-refractivity contribution >= 4 is 8.53 Å². The van der Waals surface area contributed by atoms with Crippen LogP contribution >= 0.6 is 8.53 Å². The molecule has 0 saturated carbocycles. The zero-order chi connectivity index (χ0) is 12.1. The molecule has 0 saturated heterocycles. The van der Waals surface area contributed by atoms with Crippen LogP contribution in [0.3, 0.4) is 0 Å². The van der Waals surface area contributed by atoms with Crippen LogP contribution in [0.25, 0.3) is 0 Å². The molecule has 4 nitrogen and oxygen atoms in total. The van der Waals surface area contributed by atoms with E-state index in [0.717, 1.165) is 19.5 Å². The lowest BCUT2D eigenvalue weighted by Gasteiger charge is -2.13. The summed E-state index contributed by atoms with van der Waals surface area (Å²) in [4.78, 5) is 2.19. The molecule has 0 bridgehead atoms. The number of unbranched alkanes of at least 4 members (excludes halogenated alkanes) is 1. The highest BCUT2D eigenvalue weighted by atomic mass is 31.2. The Morgan fingerprint density at radius 3 is 2.00 bits per heavy atom. The minimum absolute atomic E-state index is 0.852. The molecule has 0 radical (unpaired) electrons. The average Bonchev–Trinajstić information content (AvgIpc) is 2.26. The van der Waals surface area contributed by atoms with Crippen LogP contribution in [0.4, 0.5) is 0 Å². The van der Waals surface area contributed by atoms with Gasteiger partial charge in [-0.3, -0.25) is 5.09 Å². The molecule has 94 valence electrons. The summed E-state index contributed by atoms with van der Waals surface area (Å²) in [5.74, 6) is 0. The lowest BCUT2D eigenvalue weighted by Crippen LogP contribution is -2.16. The van der Waals surface area contributed by atoms with Crippen LogP contribution in [-0.4, -0.2) is 46.3 Å². The first-order valence-corrected chi connectivity index (χ1v) is 6.65. The van der Waals surface area contributed by atoms with Gasteiger partial charge in [0.25, 0.3) is 8.53 Å². The van der Waals surface area contributed by atoms with E-state index in [1.54, 1.807) is 14.2 Å². The van der Waals surface area contributed by atoms with Gasteiger partial charge in [0.2, 0.25) is 0 Å². The molecule has 0 amide bonds. The Balaban J connectivity index is 0. The number of hydrogen-bond acceptors (Lipinski definition) is 4. The summed E-state index contributed by atoms with van der Waals surface area (Å²) in [5.41, 5.74) is 0. The largest absolute Gasteiger partial charge is 0.325 e. The molecule has 0 aromatic rings. The van der Waals surface area contributed by atoms with Crippen molar-refractivity contribution in [2.45, 2.75) is 26.7 Å². The Labute approximate surface area is 96.3 Å². The Morgan fingerprint density at radius 2 is 1.60 bits per heavy atom. The lowest BCUT2D eigenvalue weighted by molar-refractivity contribution is 0.328. The highest BCUT2D eigenvalue weighted by Gasteiger charge is 2.03. The minimum Gasteiger partial charge on any atom is -0.325 e. The van der Waals surface area contributed by atoms with Crippen molar-refractivity contribution in [3.8, 4) is 0 Å². The first-order valence-electron chi connectivity index (χ1n) is 5.47. The second-order valence-electron chi connectivity index (χ2n) is 3.04. The zero-order valence-corrected chi connectivity index (χ0v) is 11.9. The van der Waals surface area contributed by atoms with Crippen LogP contribution in [0.2, 0.25) is 0 Å². The number of hydrogen-bond donors (Lipinski definition) is 1. The normalized spacial score (nSPS) is 10.4. The third-order valence-electron chi connectivity index (χ3n) is 1.60. The van der Waals surface area contributed by atoms with Crippen molar-refractivity contribution < 1.29 is 9.05 Å². The highest BCUT2D eigenvalue weighted by Crippen LogP contribution is 2.29. The third-order valence-corrected chi connectivity index (χ3v) is 2.75. The van der Waals surface area contributed by atoms with Gasteiger partial charge >= 0.3 is 0 Å². The van der Waals surface area contributed by atoms with Gasteiger partial charge < -0.3 is 13.9 Å². The maximum Gasteiger partial charge on any atom is 0.255 e. The summed E-state index contributed by atoms with van der Waals surface area (Å²) in [6.45, 7) is 6.10. The molecular weight excluding hydrogens is 211 g/mol. The molecular formula is C10H27N2O2P. The molecule has 0 fully saturated rings. The van der Waals surface area contributed by atoms with Crippen LogP contribution in [-0.2, 0) is 9.05 Å². The smallest absolute Gasteiger partial charge is 0.255 e. The molecule has 0 spiro atoms. The zero-order valence-electron chi connectivity index (χ0n) is 11.0. The van der Waals surface area contributed by atoms with Gasteiger partial charge in [0.15, 0.2) is 0 Å². The van der Waals surface area contributed by atoms with E-state index >= 15 is 0 Å². The van der Waals surface area contributed by atoms with Crippen molar-refractivity contribution in [3.63, 3.8) is 0 Å². The SMILES string of the molecule is CC.COP(NCCCCN(C)C)OC.